The summed E-state index contributed by atoms with van der Waals surface area (Å²) in [5.74, 6) is 0. The van der Waals surface area contributed by atoms with E-state index in [-0.39, 0.29) is 0 Å². The Balaban J connectivity index is 1.91. The van der Waals surface area contributed by atoms with Crippen molar-refractivity contribution in [2.75, 3.05) is 6.26 Å². The minimum Gasteiger partial charge on any atom is -0.361 e. The van der Waals surface area contributed by atoms with Crippen LogP contribution in [0.1, 0.15) is 11.1 Å². The quantitative estimate of drug-likeness (QED) is 0.680. The van der Waals surface area contributed by atoms with Crippen LogP contribution >= 0.6 is 11.8 Å². The summed E-state index contributed by atoms with van der Waals surface area (Å²) in [5, 5.41) is 1.33. The van der Waals surface area contributed by atoms with Gasteiger partial charge in [0.1, 0.15) is 0 Å². The molecule has 0 aliphatic rings. The Bertz CT molecular complexity index is 652. The third-order valence-electron chi connectivity index (χ3n) is 3.23. The highest BCUT2D eigenvalue weighted by molar-refractivity contribution is 7.98. The van der Waals surface area contributed by atoms with E-state index < -0.39 is 0 Å². The lowest BCUT2D eigenvalue weighted by Gasteiger charge is -2.02. The standard InChI is InChI=1S/C16H15NS/c1-18-14-8-6-12(7-9-14)10-13-11-17-16-5-3-2-4-15(13)16/h2-9,11,17H,10H2,1H3. The van der Waals surface area contributed by atoms with E-state index in [2.05, 4.69) is 66.0 Å². The predicted molar refractivity (Wildman–Crippen MR) is 79.3 cm³/mol. The zero-order valence-electron chi connectivity index (χ0n) is 10.3. The normalized spacial score (nSPS) is 10.9. The molecule has 2 aromatic carbocycles. The number of aromatic amines is 1. The largest absolute Gasteiger partial charge is 0.361 e. The molecule has 0 radical (unpaired) electrons. The average Bonchev–Trinajstić information content (AvgIpc) is 2.83. The van der Waals surface area contributed by atoms with Crippen molar-refractivity contribution in [3.63, 3.8) is 0 Å². The van der Waals surface area contributed by atoms with E-state index in [4.69, 9.17) is 0 Å². The van der Waals surface area contributed by atoms with Crippen LogP contribution in [0.4, 0.5) is 0 Å². The number of rotatable bonds is 3. The molecule has 2 heteroatoms. The average molecular weight is 253 g/mol. The Morgan fingerprint density at radius 1 is 1.00 bits per heavy atom. The lowest BCUT2D eigenvalue weighted by Crippen LogP contribution is -1.86. The van der Waals surface area contributed by atoms with Gasteiger partial charge in [0.25, 0.3) is 0 Å². The second kappa shape index (κ2) is 4.91. The molecule has 0 saturated heterocycles. The zero-order valence-corrected chi connectivity index (χ0v) is 11.1. The van der Waals surface area contributed by atoms with Crippen molar-refractivity contribution < 1.29 is 0 Å². The first-order valence-corrected chi connectivity index (χ1v) is 7.27. The van der Waals surface area contributed by atoms with Crippen LogP contribution in [0.25, 0.3) is 10.9 Å². The molecule has 0 spiro atoms. The number of para-hydroxylation sites is 1. The highest BCUT2D eigenvalue weighted by Gasteiger charge is 2.03. The number of nitrogens with one attached hydrogen (secondary N) is 1. The molecule has 1 aromatic heterocycles. The predicted octanol–water partition coefficient (Wildman–Crippen LogP) is 4.48. The van der Waals surface area contributed by atoms with Crippen LogP contribution in [0.2, 0.25) is 0 Å². The number of thioether (sulfide) groups is 1. The smallest absolute Gasteiger partial charge is 0.0456 e. The van der Waals surface area contributed by atoms with Crippen LogP contribution in [-0.2, 0) is 6.42 Å². The maximum absolute atomic E-state index is 3.33. The Morgan fingerprint density at radius 3 is 2.56 bits per heavy atom. The number of hydrogen-bond acceptors (Lipinski definition) is 1. The third kappa shape index (κ3) is 2.16. The van der Waals surface area contributed by atoms with Gasteiger partial charge in [-0.15, -0.1) is 11.8 Å². The molecule has 1 N–H and O–H groups in total. The van der Waals surface area contributed by atoms with Crippen LogP contribution < -0.4 is 0 Å². The molecule has 90 valence electrons. The van der Waals surface area contributed by atoms with Gasteiger partial charge >= 0.3 is 0 Å². The molecular weight excluding hydrogens is 238 g/mol. The summed E-state index contributed by atoms with van der Waals surface area (Å²) in [6.45, 7) is 0. The second-order valence-electron chi connectivity index (χ2n) is 4.38. The first-order valence-electron chi connectivity index (χ1n) is 6.05. The van der Waals surface area contributed by atoms with Gasteiger partial charge in [-0.2, -0.15) is 0 Å². The van der Waals surface area contributed by atoms with Crippen molar-refractivity contribution in [1.82, 2.24) is 4.98 Å². The summed E-state index contributed by atoms with van der Waals surface area (Å²) in [4.78, 5) is 4.64. The summed E-state index contributed by atoms with van der Waals surface area (Å²) in [6.07, 6.45) is 5.21. The topological polar surface area (TPSA) is 15.8 Å². The van der Waals surface area contributed by atoms with E-state index in [0.717, 1.165) is 6.42 Å². The van der Waals surface area contributed by atoms with Crippen LogP contribution in [-0.4, -0.2) is 11.2 Å². The lowest BCUT2D eigenvalue weighted by atomic mass is 10.0. The number of hydrogen-bond donors (Lipinski definition) is 1. The van der Waals surface area contributed by atoms with Crippen LogP contribution in [0, 0.1) is 0 Å². The van der Waals surface area contributed by atoms with Crippen molar-refractivity contribution in [2.24, 2.45) is 0 Å². The molecule has 0 aliphatic carbocycles. The van der Waals surface area contributed by atoms with Gasteiger partial charge in [-0.05, 0) is 42.0 Å². The van der Waals surface area contributed by atoms with E-state index >= 15 is 0 Å². The van der Waals surface area contributed by atoms with Gasteiger partial charge < -0.3 is 4.98 Å². The van der Waals surface area contributed by atoms with Crippen molar-refractivity contribution in [3.8, 4) is 0 Å². The summed E-state index contributed by atoms with van der Waals surface area (Å²) in [7, 11) is 0. The molecule has 1 nitrogen and oxygen atoms in total. The minimum atomic E-state index is 0.985. The fourth-order valence-corrected chi connectivity index (χ4v) is 2.65. The molecule has 3 aromatic rings. The number of aromatic nitrogens is 1. The molecule has 3 rings (SSSR count). The SMILES string of the molecule is CSc1ccc(Cc2c[nH]c3ccccc23)cc1. The highest BCUT2D eigenvalue weighted by atomic mass is 32.2. The first-order chi connectivity index (χ1) is 8.86. The summed E-state index contributed by atoms with van der Waals surface area (Å²) in [5.41, 5.74) is 3.94. The van der Waals surface area contributed by atoms with Gasteiger partial charge in [-0.25, -0.2) is 0 Å². The molecular formula is C16H15NS. The monoisotopic (exact) mass is 253 g/mol. The maximum Gasteiger partial charge on any atom is 0.0456 e. The van der Waals surface area contributed by atoms with E-state index in [1.54, 1.807) is 11.8 Å². The highest BCUT2D eigenvalue weighted by Crippen LogP contribution is 2.22. The van der Waals surface area contributed by atoms with E-state index in [1.807, 2.05) is 0 Å². The number of H-pyrrole nitrogens is 1. The molecule has 1 heterocycles. The molecule has 18 heavy (non-hydrogen) atoms. The fourth-order valence-electron chi connectivity index (χ4n) is 2.24. The van der Waals surface area contributed by atoms with Gasteiger partial charge in [0.05, 0.1) is 0 Å². The van der Waals surface area contributed by atoms with Crippen molar-refractivity contribution in [3.05, 3.63) is 65.9 Å². The maximum atomic E-state index is 3.33. The Kier molecular flexibility index (Phi) is 3.11. The van der Waals surface area contributed by atoms with Gasteiger partial charge in [0.15, 0.2) is 0 Å². The summed E-state index contributed by atoms with van der Waals surface area (Å²) in [6, 6.07) is 17.3. The fraction of sp³-hybridized carbons (Fsp3) is 0.125. The van der Waals surface area contributed by atoms with Crippen molar-refractivity contribution in [1.29, 1.82) is 0 Å². The lowest BCUT2D eigenvalue weighted by molar-refractivity contribution is 1.19. The summed E-state index contributed by atoms with van der Waals surface area (Å²) < 4.78 is 0. The Hall–Kier alpha value is -1.67. The van der Waals surface area contributed by atoms with Crippen LogP contribution in [0.5, 0.6) is 0 Å². The van der Waals surface area contributed by atoms with Crippen molar-refractivity contribution >= 4 is 22.7 Å². The van der Waals surface area contributed by atoms with Crippen molar-refractivity contribution in [2.45, 2.75) is 11.3 Å². The molecule has 0 atom stereocenters. The molecule has 0 fully saturated rings. The molecule has 0 saturated carbocycles. The van der Waals surface area contributed by atoms with Gasteiger partial charge in [-0.1, -0.05) is 30.3 Å². The van der Waals surface area contributed by atoms with Crippen LogP contribution in [0.15, 0.2) is 59.6 Å². The van der Waals surface area contributed by atoms with Crippen LogP contribution in [0.3, 0.4) is 0 Å². The van der Waals surface area contributed by atoms with Gasteiger partial charge in [-0.3, -0.25) is 0 Å². The van der Waals surface area contributed by atoms with Gasteiger partial charge in [0, 0.05) is 22.0 Å². The second-order valence-corrected chi connectivity index (χ2v) is 5.26. The van der Waals surface area contributed by atoms with E-state index in [1.165, 1.54) is 26.9 Å². The Labute approximate surface area is 111 Å². The Morgan fingerprint density at radius 2 is 1.78 bits per heavy atom. The number of fused-ring (bicyclic) bond motifs is 1. The van der Waals surface area contributed by atoms with E-state index in [9.17, 15) is 0 Å². The zero-order chi connectivity index (χ0) is 12.4. The number of benzene rings is 2. The van der Waals surface area contributed by atoms with Gasteiger partial charge in [0.2, 0.25) is 0 Å². The third-order valence-corrected chi connectivity index (χ3v) is 3.97. The first kappa shape index (κ1) is 11.4. The summed E-state index contributed by atoms with van der Waals surface area (Å²) >= 11 is 1.78. The molecule has 0 aliphatic heterocycles. The van der Waals surface area contributed by atoms with E-state index in [0.29, 0.717) is 0 Å². The molecule has 0 amide bonds. The molecule has 0 bridgehead atoms. The molecule has 0 unspecified atom stereocenters. The minimum absolute atomic E-state index is 0.985.